The van der Waals surface area contributed by atoms with Gasteiger partial charge in [0.05, 0.1) is 6.04 Å². The molecule has 3 N–H and O–H groups in total. The van der Waals surface area contributed by atoms with Crippen LogP contribution in [0.3, 0.4) is 0 Å². The fourth-order valence-corrected chi connectivity index (χ4v) is 3.35. The van der Waals surface area contributed by atoms with Crippen LogP contribution < -0.4 is 16.0 Å². The number of nitrogens with zero attached hydrogens (tertiary/aromatic N) is 3. The molecule has 0 aliphatic carbocycles. The lowest BCUT2D eigenvalue weighted by Gasteiger charge is -2.28. The summed E-state index contributed by atoms with van der Waals surface area (Å²) in [6.45, 7) is 4.07. The molecule has 0 radical (unpaired) electrons. The van der Waals surface area contributed by atoms with Crippen molar-refractivity contribution in [2.24, 2.45) is 0 Å². The number of nitrogens with one attached hydrogen (secondary N) is 1. The fourth-order valence-electron chi connectivity index (χ4n) is 2.74. The molecule has 0 spiro atoms. The maximum Gasteiger partial charge on any atom is 0.251 e. The standard InChI is InChI=1S/C16H21N5OS/c1-11(15-19-20-16(17)23-15)18-14(22)12-5-7-13(8-6-12)21-9-3-2-4-10-21/h5-8,11H,2-4,9-10H2,1H3,(H2,17,20)(H,18,22)/t11-/m0/s1. The van der Waals surface area contributed by atoms with Crippen molar-refractivity contribution in [2.45, 2.75) is 32.2 Å². The number of aromatic nitrogens is 2. The number of nitrogen functional groups attached to an aromatic ring is 1. The quantitative estimate of drug-likeness (QED) is 0.899. The molecular weight excluding hydrogens is 310 g/mol. The highest BCUT2D eigenvalue weighted by Gasteiger charge is 2.16. The molecule has 23 heavy (non-hydrogen) atoms. The number of piperidine rings is 1. The molecule has 6 nitrogen and oxygen atoms in total. The zero-order chi connectivity index (χ0) is 16.2. The summed E-state index contributed by atoms with van der Waals surface area (Å²) >= 11 is 1.29. The van der Waals surface area contributed by atoms with Crippen molar-refractivity contribution in [1.82, 2.24) is 15.5 Å². The van der Waals surface area contributed by atoms with Gasteiger partial charge in [-0.2, -0.15) is 0 Å². The molecule has 122 valence electrons. The zero-order valence-electron chi connectivity index (χ0n) is 13.2. The minimum Gasteiger partial charge on any atom is -0.374 e. The molecular formula is C16H21N5OS. The Bertz CT molecular complexity index is 663. The van der Waals surface area contributed by atoms with E-state index in [9.17, 15) is 4.79 Å². The van der Waals surface area contributed by atoms with Crippen molar-refractivity contribution in [3.05, 3.63) is 34.8 Å². The molecule has 1 saturated heterocycles. The Labute approximate surface area is 139 Å². The summed E-state index contributed by atoms with van der Waals surface area (Å²) in [5, 5.41) is 11.8. The van der Waals surface area contributed by atoms with Gasteiger partial charge in [0, 0.05) is 24.3 Å². The van der Waals surface area contributed by atoms with Crippen LogP contribution in [0.5, 0.6) is 0 Å². The molecule has 0 saturated carbocycles. The number of rotatable bonds is 4. The molecule has 1 atom stereocenters. The summed E-state index contributed by atoms with van der Waals surface area (Å²) in [5.74, 6) is -0.114. The van der Waals surface area contributed by atoms with Crippen LogP contribution in [-0.4, -0.2) is 29.2 Å². The Morgan fingerprint density at radius 1 is 1.22 bits per heavy atom. The predicted molar refractivity (Wildman–Crippen MR) is 92.7 cm³/mol. The highest BCUT2D eigenvalue weighted by atomic mass is 32.1. The molecule has 3 rings (SSSR count). The average Bonchev–Trinajstić information content (AvgIpc) is 3.02. The van der Waals surface area contributed by atoms with Gasteiger partial charge in [-0.1, -0.05) is 11.3 Å². The van der Waals surface area contributed by atoms with E-state index in [4.69, 9.17) is 5.73 Å². The lowest BCUT2D eigenvalue weighted by atomic mass is 10.1. The molecule has 1 fully saturated rings. The van der Waals surface area contributed by atoms with E-state index in [2.05, 4.69) is 20.4 Å². The summed E-state index contributed by atoms with van der Waals surface area (Å²) in [6, 6.07) is 7.59. The third kappa shape index (κ3) is 3.79. The lowest BCUT2D eigenvalue weighted by Crippen LogP contribution is -2.29. The summed E-state index contributed by atoms with van der Waals surface area (Å²) in [4.78, 5) is 14.7. The van der Waals surface area contributed by atoms with Crippen LogP contribution in [0.1, 0.15) is 47.6 Å². The van der Waals surface area contributed by atoms with Gasteiger partial charge in [0.1, 0.15) is 5.01 Å². The third-order valence-electron chi connectivity index (χ3n) is 4.02. The van der Waals surface area contributed by atoms with E-state index in [1.54, 1.807) is 0 Å². The monoisotopic (exact) mass is 331 g/mol. The highest BCUT2D eigenvalue weighted by molar-refractivity contribution is 7.15. The number of hydrogen-bond acceptors (Lipinski definition) is 6. The van der Waals surface area contributed by atoms with E-state index in [0.717, 1.165) is 13.1 Å². The van der Waals surface area contributed by atoms with E-state index in [0.29, 0.717) is 15.7 Å². The normalized spacial score (nSPS) is 16.1. The van der Waals surface area contributed by atoms with Crippen LogP contribution in [0.2, 0.25) is 0 Å². The van der Waals surface area contributed by atoms with Crippen molar-refractivity contribution < 1.29 is 4.79 Å². The van der Waals surface area contributed by atoms with Gasteiger partial charge in [-0.15, -0.1) is 10.2 Å². The van der Waals surface area contributed by atoms with Gasteiger partial charge < -0.3 is 16.0 Å². The first-order chi connectivity index (χ1) is 11.1. The Morgan fingerprint density at radius 2 is 1.91 bits per heavy atom. The highest BCUT2D eigenvalue weighted by Crippen LogP contribution is 2.22. The van der Waals surface area contributed by atoms with E-state index in [-0.39, 0.29) is 11.9 Å². The van der Waals surface area contributed by atoms with Gasteiger partial charge in [-0.25, -0.2) is 0 Å². The Balaban J connectivity index is 1.63. The van der Waals surface area contributed by atoms with Crippen LogP contribution >= 0.6 is 11.3 Å². The first kappa shape index (κ1) is 15.7. The van der Waals surface area contributed by atoms with Crippen LogP contribution in [0.15, 0.2) is 24.3 Å². The maximum absolute atomic E-state index is 12.3. The second-order valence-corrected chi connectivity index (χ2v) is 6.81. The van der Waals surface area contributed by atoms with Crippen LogP contribution in [0.4, 0.5) is 10.8 Å². The average molecular weight is 331 g/mol. The number of benzene rings is 1. The molecule has 2 aromatic rings. The molecule has 0 unspecified atom stereocenters. The molecule has 1 aromatic heterocycles. The summed E-state index contributed by atoms with van der Waals surface area (Å²) in [7, 11) is 0. The Morgan fingerprint density at radius 3 is 2.52 bits per heavy atom. The molecule has 1 aliphatic rings. The topological polar surface area (TPSA) is 84.1 Å². The molecule has 1 aliphatic heterocycles. The van der Waals surface area contributed by atoms with Gasteiger partial charge in [-0.05, 0) is 50.5 Å². The number of anilines is 2. The van der Waals surface area contributed by atoms with E-state index in [1.807, 2.05) is 31.2 Å². The van der Waals surface area contributed by atoms with Gasteiger partial charge >= 0.3 is 0 Å². The largest absolute Gasteiger partial charge is 0.374 e. The molecule has 1 amide bonds. The lowest BCUT2D eigenvalue weighted by molar-refractivity contribution is 0.0939. The van der Waals surface area contributed by atoms with Crippen LogP contribution in [-0.2, 0) is 0 Å². The molecule has 7 heteroatoms. The Kier molecular flexibility index (Phi) is 4.76. The van der Waals surface area contributed by atoms with Crippen LogP contribution in [0.25, 0.3) is 0 Å². The zero-order valence-corrected chi connectivity index (χ0v) is 14.0. The molecule has 2 heterocycles. The van der Waals surface area contributed by atoms with Crippen molar-refractivity contribution in [3.63, 3.8) is 0 Å². The van der Waals surface area contributed by atoms with Gasteiger partial charge in [0.25, 0.3) is 5.91 Å². The van der Waals surface area contributed by atoms with Crippen molar-refractivity contribution in [2.75, 3.05) is 23.7 Å². The second-order valence-electron chi connectivity index (χ2n) is 5.77. The van der Waals surface area contributed by atoms with Crippen molar-refractivity contribution in [1.29, 1.82) is 0 Å². The first-order valence-electron chi connectivity index (χ1n) is 7.88. The molecule has 0 bridgehead atoms. The summed E-state index contributed by atoms with van der Waals surface area (Å²) < 4.78 is 0. The second kappa shape index (κ2) is 6.95. The smallest absolute Gasteiger partial charge is 0.251 e. The number of carbonyl (C=O) groups excluding carboxylic acids is 1. The Hall–Kier alpha value is -2.15. The minimum atomic E-state index is -0.209. The summed E-state index contributed by atoms with van der Waals surface area (Å²) in [6.07, 6.45) is 3.79. The van der Waals surface area contributed by atoms with Crippen molar-refractivity contribution >= 4 is 28.1 Å². The maximum atomic E-state index is 12.3. The van der Waals surface area contributed by atoms with E-state index < -0.39 is 0 Å². The number of carbonyl (C=O) groups is 1. The van der Waals surface area contributed by atoms with Gasteiger partial charge in [-0.3, -0.25) is 4.79 Å². The van der Waals surface area contributed by atoms with Crippen LogP contribution in [0, 0.1) is 0 Å². The fraction of sp³-hybridized carbons (Fsp3) is 0.438. The van der Waals surface area contributed by atoms with Gasteiger partial charge in [0.15, 0.2) is 0 Å². The number of nitrogens with two attached hydrogens (primary N) is 1. The predicted octanol–water partition coefficient (Wildman–Crippen LogP) is 2.60. The number of amides is 1. The van der Waals surface area contributed by atoms with E-state index in [1.165, 1.54) is 36.3 Å². The SMILES string of the molecule is C[C@H](NC(=O)c1ccc(N2CCCCC2)cc1)c1nnc(N)s1. The third-order valence-corrected chi connectivity index (χ3v) is 4.96. The van der Waals surface area contributed by atoms with E-state index >= 15 is 0 Å². The summed E-state index contributed by atoms with van der Waals surface area (Å²) in [5.41, 5.74) is 7.41. The molecule has 1 aromatic carbocycles. The number of hydrogen-bond donors (Lipinski definition) is 2. The van der Waals surface area contributed by atoms with Crippen molar-refractivity contribution in [3.8, 4) is 0 Å². The first-order valence-corrected chi connectivity index (χ1v) is 8.70. The minimum absolute atomic E-state index is 0.114. The van der Waals surface area contributed by atoms with Gasteiger partial charge in [0.2, 0.25) is 5.13 Å².